The van der Waals surface area contributed by atoms with Gasteiger partial charge < -0.3 is 18.9 Å². The maximum absolute atomic E-state index is 6.28. The Morgan fingerprint density at radius 3 is 2.05 bits per heavy atom. The van der Waals surface area contributed by atoms with E-state index in [4.69, 9.17) is 18.9 Å². The Morgan fingerprint density at radius 1 is 0.864 bits per heavy atom. The highest BCUT2D eigenvalue weighted by Crippen LogP contribution is 2.50. The summed E-state index contributed by atoms with van der Waals surface area (Å²) in [5.41, 5.74) is 0. The lowest BCUT2D eigenvalue weighted by Crippen LogP contribution is -2.34. The van der Waals surface area contributed by atoms with Crippen LogP contribution in [0.15, 0.2) is 0 Å². The van der Waals surface area contributed by atoms with Crippen LogP contribution in [0.25, 0.3) is 0 Å². The van der Waals surface area contributed by atoms with Crippen molar-refractivity contribution in [3.8, 4) is 0 Å². The Kier molecular flexibility index (Phi) is 4.84. The zero-order chi connectivity index (χ0) is 15.8. The normalized spacial score (nSPS) is 41.7. The van der Waals surface area contributed by atoms with Crippen molar-refractivity contribution >= 4 is 0 Å². The molecule has 4 nitrogen and oxygen atoms in total. The fraction of sp³-hybridized carbons (Fsp3) is 1.00. The van der Waals surface area contributed by atoms with Gasteiger partial charge in [0, 0.05) is 12.8 Å². The van der Waals surface area contributed by atoms with Crippen LogP contribution in [0.3, 0.4) is 0 Å². The topological polar surface area (TPSA) is 36.9 Å². The van der Waals surface area contributed by atoms with Crippen LogP contribution in [0.5, 0.6) is 0 Å². The molecule has 0 aromatic carbocycles. The van der Waals surface area contributed by atoms with E-state index in [2.05, 4.69) is 27.7 Å². The van der Waals surface area contributed by atoms with Gasteiger partial charge >= 0.3 is 0 Å². The van der Waals surface area contributed by atoms with Gasteiger partial charge in [0.1, 0.15) is 0 Å². The Morgan fingerprint density at radius 2 is 1.45 bits per heavy atom. The predicted octanol–water partition coefficient (Wildman–Crippen LogP) is 3.88. The van der Waals surface area contributed by atoms with Crippen molar-refractivity contribution in [2.75, 3.05) is 13.2 Å². The molecule has 1 saturated carbocycles. The minimum Gasteiger partial charge on any atom is -0.347 e. The van der Waals surface area contributed by atoms with Gasteiger partial charge in [0.05, 0.1) is 31.8 Å². The SMILES string of the molecule is CC(C)CCC1COC2(CCC3(C2)OCC(CC(C)C)O3)O1. The Hall–Kier alpha value is -0.160. The van der Waals surface area contributed by atoms with E-state index in [1.54, 1.807) is 0 Å². The molecule has 2 saturated heterocycles. The number of ether oxygens (including phenoxy) is 4. The van der Waals surface area contributed by atoms with Crippen molar-refractivity contribution in [2.45, 2.75) is 90.0 Å². The summed E-state index contributed by atoms with van der Waals surface area (Å²) in [5, 5.41) is 0. The molecule has 0 aromatic heterocycles. The molecule has 0 bridgehead atoms. The molecule has 0 N–H and O–H groups in total. The Labute approximate surface area is 134 Å². The van der Waals surface area contributed by atoms with E-state index < -0.39 is 11.6 Å². The van der Waals surface area contributed by atoms with Gasteiger partial charge in [-0.3, -0.25) is 0 Å². The molecule has 0 amide bonds. The summed E-state index contributed by atoms with van der Waals surface area (Å²) in [6, 6.07) is 0. The lowest BCUT2D eigenvalue weighted by atomic mass is 10.1. The standard InChI is InChI=1S/C18H32O4/c1-13(2)5-6-15-10-19-17(21-15)7-8-18(12-17)20-11-16(22-18)9-14(3)4/h13-16H,5-12H2,1-4H3. The molecule has 128 valence electrons. The maximum Gasteiger partial charge on any atom is 0.174 e. The van der Waals surface area contributed by atoms with E-state index in [1.807, 2.05) is 0 Å². The first-order valence-electron chi connectivity index (χ1n) is 9.04. The first-order valence-corrected chi connectivity index (χ1v) is 9.04. The molecule has 1 aliphatic carbocycles. The number of hydrogen-bond acceptors (Lipinski definition) is 4. The first kappa shape index (κ1) is 16.7. The van der Waals surface area contributed by atoms with Crippen molar-refractivity contribution in [2.24, 2.45) is 11.8 Å². The van der Waals surface area contributed by atoms with Crippen LogP contribution in [0.4, 0.5) is 0 Å². The number of rotatable bonds is 5. The van der Waals surface area contributed by atoms with Gasteiger partial charge in [0.15, 0.2) is 11.6 Å². The maximum atomic E-state index is 6.28. The third kappa shape index (κ3) is 3.66. The van der Waals surface area contributed by atoms with Crippen molar-refractivity contribution in [3.05, 3.63) is 0 Å². The summed E-state index contributed by atoms with van der Waals surface area (Å²) in [7, 11) is 0. The third-order valence-corrected chi connectivity index (χ3v) is 5.05. The van der Waals surface area contributed by atoms with Crippen LogP contribution in [0.2, 0.25) is 0 Å². The van der Waals surface area contributed by atoms with Gasteiger partial charge in [-0.15, -0.1) is 0 Å². The molecule has 2 heterocycles. The second kappa shape index (κ2) is 6.39. The van der Waals surface area contributed by atoms with Crippen molar-refractivity contribution < 1.29 is 18.9 Å². The van der Waals surface area contributed by atoms with Crippen LogP contribution < -0.4 is 0 Å². The molecular weight excluding hydrogens is 280 g/mol. The van der Waals surface area contributed by atoms with Crippen molar-refractivity contribution in [3.63, 3.8) is 0 Å². The molecular formula is C18H32O4. The van der Waals surface area contributed by atoms with Crippen LogP contribution in [0.1, 0.15) is 66.2 Å². The summed E-state index contributed by atoms with van der Waals surface area (Å²) in [5.74, 6) is 0.452. The third-order valence-electron chi connectivity index (χ3n) is 5.05. The van der Waals surface area contributed by atoms with Crippen LogP contribution in [-0.2, 0) is 18.9 Å². The second-order valence-electron chi connectivity index (χ2n) is 8.20. The van der Waals surface area contributed by atoms with Gasteiger partial charge in [0.25, 0.3) is 0 Å². The Bertz CT molecular complexity index is 383. The molecule has 3 fully saturated rings. The van der Waals surface area contributed by atoms with Gasteiger partial charge in [-0.05, 0) is 31.1 Å². The predicted molar refractivity (Wildman–Crippen MR) is 84.5 cm³/mol. The highest BCUT2D eigenvalue weighted by Gasteiger charge is 2.58. The monoisotopic (exact) mass is 312 g/mol. The molecule has 22 heavy (non-hydrogen) atoms. The molecule has 0 aromatic rings. The van der Waals surface area contributed by atoms with E-state index in [0.29, 0.717) is 18.4 Å². The average Bonchev–Trinajstić information content (AvgIpc) is 3.10. The average molecular weight is 312 g/mol. The van der Waals surface area contributed by atoms with E-state index in [1.165, 1.54) is 6.42 Å². The fourth-order valence-electron chi connectivity index (χ4n) is 3.95. The fourth-order valence-corrected chi connectivity index (χ4v) is 3.95. The molecule has 3 rings (SSSR count). The zero-order valence-corrected chi connectivity index (χ0v) is 14.6. The quantitative estimate of drug-likeness (QED) is 0.772. The molecule has 3 aliphatic rings. The van der Waals surface area contributed by atoms with E-state index >= 15 is 0 Å². The number of hydrogen-bond donors (Lipinski definition) is 0. The minimum absolute atomic E-state index is 0.230. The van der Waals surface area contributed by atoms with Crippen molar-refractivity contribution in [1.29, 1.82) is 0 Å². The molecule has 4 atom stereocenters. The summed E-state index contributed by atoms with van der Waals surface area (Å²) in [4.78, 5) is 0. The zero-order valence-electron chi connectivity index (χ0n) is 14.6. The lowest BCUT2D eigenvalue weighted by Gasteiger charge is -2.27. The first-order chi connectivity index (χ1) is 10.4. The van der Waals surface area contributed by atoms with Gasteiger partial charge in [-0.1, -0.05) is 27.7 Å². The van der Waals surface area contributed by atoms with Crippen LogP contribution >= 0.6 is 0 Å². The van der Waals surface area contributed by atoms with Gasteiger partial charge in [-0.25, -0.2) is 0 Å². The van der Waals surface area contributed by atoms with Gasteiger partial charge in [0.2, 0.25) is 0 Å². The molecule has 4 unspecified atom stereocenters. The summed E-state index contributed by atoms with van der Waals surface area (Å²) in [6.45, 7) is 10.4. The van der Waals surface area contributed by atoms with Crippen LogP contribution in [-0.4, -0.2) is 37.0 Å². The summed E-state index contributed by atoms with van der Waals surface area (Å²) < 4.78 is 24.7. The molecule has 2 spiro atoms. The smallest absolute Gasteiger partial charge is 0.174 e. The van der Waals surface area contributed by atoms with Crippen molar-refractivity contribution in [1.82, 2.24) is 0 Å². The molecule has 2 aliphatic heterocycles. The summed E-state index contributed by atoms with van der Waals surface area (Å²) in [6.07, 6.45) is 6.32. The largest absolute Gasteiger partial charge is 0.347 e. The minimum atomic E-state index is -0.452. The van der Waals surface area contributed by atoms with Gasteiger partial charge in [-0.2, -0.15) is 0 Å². The Balaban J connectivity index is 1.52. The molecule has 0 radical (unpaired) electrons. The highest BCUT2D eigenvalue weighted by atomic mass is 16.8. The van der Waals surface area contributed by atoms with E-state index in [0.717, 1.165) is 38.7 Å². The molecule has 4 heteroatoms. The van der Waals surface area contributed by atoms with E-state index in [-0.39, 0.29) is 12.2 Å². The lowest BCUT2D eigenvalue weighted by molar-refractivity contribution is -0.215. The van der Waals surface area contributed by atoms with Crippen LogP contribution in [0, 0.1) is 11.8 Å². The highest BCUT2D eigenvalue weighted by molar-refractivity contribution is 4.96. The summed E-state index contributed by atoms with van der Waals surface area (Å²) >= 11 is 0. The second-order valence-corrected chi connectivity index (χ2v) is 8.20. The van der Waals surface area contributed by atoms with E-state index in [9.17, 15) is 0 Å².